The van der Waals surface area contributed by atoms with Gasteiger partial charge in [0.05, 0.1) is 30.8 Å². The number of hydrogen-bond donors (Lipinski definition) is 1. The summed E-state index contributed by atoms with van der Waals surface area (Å²) in [5.41, 5.74) is -3.91. The third kappa shape index (κ3) is 23.1. The molecule has 0 aromatic heterocycles. The minimum absolute atomic E-state index is 0.00131. The highest BCUT2D eigenvalue weighted by molar-refractivity contribution is 7.54. The van der Waals surface area contributed by atoms with Crippen LogP contribution in [0.1, 0.15) is 117 Å². The molecule has 0 bridgehead atoms. The number of carbonyl (C=O) groups is 4. The number of rotatable bonds is 13. The molecular weight excluding hydrogens is 719 g/mol. The Morgan fingerprint density at radius 2 is 0.796 bits per heavy atom. The van der Waals surface area contributed by atoms with E-state index in [4.69, 9.17) is 23.3 Å². The third-order valence-electron chi connectivity index (χ3n) is 7.40. The molecule has 1 unspecified atom stereocenters. The van der Waals surface area contributed by atoms with Gasteiger partial charge in [-0.25, -0.2) is 0 Å². The van der Waals surface area contributed by atoms with Gasteiger partial charge in [0.25, 0.3) is 0 Å². The number of esters is 3. The van der Waals surface area contributed by atoms with E-state index in [1.165, 1.54) is 0 Å². The zero-order valence-corrected chi connectivity index (χ0v) is 36.9. The Balaban J connectivity index is 3.78. The van der Waals surface area contributed by atoms with E-state index in [1.807, 2.05) is 19.6 Å². The van der Waals surface area contributed by atoms with Crippen LogP contribution in [-0.4, -0.2) is 154 Å². The van der Waals surface area contributed by atoms with Crippen molar-refractivity contribution in [3.05, 3.63) is 0 Å². The van der Waals surface area contributed by atoms with Crippen molar-refractivity contribution >= 4 is 31.5 Å². The van der Waals surface area contributed by atoms with Gasteiger partial charge in [-0.15, -0.1) is 0 Å². The summed E-state index contributed by atoms with van der Waals surface area (Å²) in [5, 5.41) is 9.81. The van der Waals surface area contributed by atoms with Crippen LogP contribution in [0, 0.1) is 0 Å². The monoisotopic (exact) mass is 793 g/mol. The van der Waals surface area contributed by atoms with Crippen molar-refractivity contribution in [2.75, 3.05) is 72.0 Å². The smallest absolute Gasteiger partial charge is 0.348 e. The molecule has 0 saturated carbocycles. The number of nitrogens with zero attached hydrogens (tertiary/aromatic N) is 4. The average Bonchev–Trinajstić information content (AvgIpc) is 2.88. The van der Waals surface area contributed by atoms with Crippen molar-refractivity contribution < 1.29 is 52.1 Å². The van der Waals surface area contributed by atoms with Crippen LogP contribution in [-0.2, 0) is 47.0 Å². The second kappa shape index (κ2) is 20.3. The molecule has 1 rings (SSSR count). The first-order valence-electron chi connectivity index (χ1n) is 19.0. The van der Waals surface area contributed by atoms with E-state index in [0.29, 0.717) is 39.3 Å². The molecule has 0 aliphatic carbocycles. The quantitative estimate of drug-likeness (QED) is 0.146. The molecule has 0 aromatic rings. The minimum Gasteiger partial charge on any atom is -0.481 e. The number of carboxylic acids is 1. The van der Waals surface area contributed by atoms with Crippen LogP contribution >= 0.6 is 7.60 Å². The Morgan fingerprint density at radius 3 is 1.04 bits per heavy atom. The average molecular weight is 793 g/mol. The van der Waals surface area contributed by atoms with E-state index in [2.05, 4.69) is 0 Å². The van der Waals surface area contributed by atoms with Gasteiger partial charge in [-0.1, -0.05) is 0 Å². The number of ether oxygens (including phenoxy) is 3. The second-order valence-corrected chi connectivity index (χ2v) is 21.0. The van der Waals surface area contributed by atoms with Crippen LogP contribution in [0.5, 0.6) is 0 Å². The number of aliphatic carboxylic acids is 1. The Bertz CT molecular complexity index is 1210. The minimum atomic E-state index is -4.09. The molecule has 1 heterocycles. The lowest BCUT2D eigenvalue weighted by Crippen LogP contribution is -2.51. The van der Waals surface area contributed by atoms with Crippen LogP contribution in [0.3, 0.4) is 0 Å². The van der Waals surface area contributed by atoms with Crippen molar-refractivity contribution in [3.8, 4) is 0 Å². The number of hydrogen-bond acceptors (Lipinski definition) is 14. The van der Waals surface area contributed by atoms with Gasteiger partial charge in [-0.2, -0.15) is 0 Å². The van der Waals surface area contributed by atoms with Gasteiger partial charge in [0, 0.05) is 58.8 Å². The third-order valence-corrected chi connectivity index (χ3v) is 10.3. The van der Waals surface area contributed by atoms with Gasteiger partial charge >= 0.3 is 31.5 Å². The molecule has 15 nitrogen and oxygen atoms in total. The summed E-state index contributed by atoms with van der Waals surface area (Å²) in [4.78, 5) is 59.0. The van der Waals surface area contributed by atoms with Crippen LogP contribution in [0.2, 0.25) is 0 Å². The fourth-order valence-corrected chi connectivity index (χ4v) is 8.57. The van der Waals surface area contributed by atoms with Gasteiger partial charge in [-0.3, -0.25) is 43.3 Å². The van der Waals surface area contributed by atoms with E-state index < -0.39 is 65.3 Å². The Kier molecular flexibility index (Phi) is 18.8. The van der Waals surface area contributed by atoms with Crippen LogP contribution in [0.15, 0.2) is 0 Å². The molecule has 1 aliphatic rings. The molecule has 1 N–H and O–H groups in total. The molecule has 316 valence electrons. The first kappa shape index (κ1) is 49.9. The summed E-state index contributed by atoms with van der Waals surface area (Å²) in [6.07, 6.45) is -0.338. The maximum absolute atomic E-state index is 15.1. The maximum Gasteiger partial charge on any atom is 0.348 e. The highest BCUT2D eigenvalue weighted by atomic mass is 31.2. The molecule has 0 aromatic carbocycles. The summed E-state index contributed by atoms with van der Waals surface area (Å²) < 4.78 is 44.6. The number of carboxylic acid groups (broad SMARTS) is 1. The number of carbonyl (C=O) groups excluding carboxylic acids is 3. The molecule has 1 atom stereocenters. The molecular formula is C38H73N4O11P. The van der Waals surface area contributed by atoms with E-state index in [9.17, 15) is 24.3 Å². The van der Waals surface area contributed by atoms with E-state index in [0.717, 1.165) is 0 Å². The van der Waals surface area contributed by atoms with Gasteiger partial charge in [0.2, 0.25) is 0 Å². The molecule has 16 heteroatoms. The van der Waals surface area contributed by atoms with Crippen molar-refractivity contribution in [1.29, 1.82) is 0 Å². The summed E-state index contributed by atoms with van der Waals surface area (Å²) in [5.74, 6) is -3.29. The predicted octanol–water partition coefficient (Wildman–Crippen LogP) is 5.25. The first-order chi connectivity index (χ1) is 24.2. The Hall–Kier alpha value is -2.13. The Labute approximate surface area is 325 Å². The highest BCUT2D eigenvalue weighted by Crippen LogP contribution is 2.60. The van der Waals surface area contributed by atoms with E-state index in [1.54, 1.807) is 104 Å². The van der Waals surface area contributed by atoms with Crippen molar-refractivity contribution in [3.63, 3.8) is 0 Å². The second-order valence-electron chi connectivity index (χ2n) is 19.0. The molecule has 0 spiro atoms. The topological polar surface area (TPSA) is 165 Å². The predicted molar refractivity (Wildman–Crippen MR) is 208 cm³/mol. The molecule has 0 radical (unpaired) electrons. The van der Waals surface area contributed by atoms with Gasteiger partial charge < -0.3 is 28.4 Å². The standard InChI is InChI=1S/C38H73N4O11P/c1-34(2,3)49-31(45)26-39-18-20-40(27-32(46)50-35(4,5)6)22-24-42(25-23-41(21-19-39)28-33(47)51-36(7,8)9)29(16-17-30(43)44)54(48,52-37(10,11)12)53-38(13,14)15/h29H,16-28H2,1-15H3,(H,43,44). The van der Waals surface area contributed by atoms with Crippen molar-refractivity contribution in [1.82, 2.24) is 19.6 Å². The van der Waals surface area contributed by atoms with E-state index >= 15 is 4.57 Å². The largest absolute Gasteiger partial charge is 0.481 e. The lowest BCUT2D eigenvalue weighted by molar-refractivity contribution is -0.158. The fourth-order valence-electron chi connectivity index (χ4n) is 5.69. The van der Waals surface area contributed by atoms with Crippen LogP contribution in [0.4, 0.5) is 0 Å². The SMILES string of the molecule is CC(C)(C)OC(=O)CN1CCN(CC(=O)OC(C)(C)C)CCN(C(CCC(=O)O)P(=O)(OC(C)(C)C)OC(C)(C)C)CCN(CC(=O)OC(C)(C)C)CC1. The van der Waals surface area contributed by atoms with E-state index in [-0.39, 0.29) is 45.6 Å². The van der Waals surface area contributed by atoms with Gasteiger partial charge in [0.15, 0.2) is 0 Å². The summed E-state index contributed by atoms with van der Waals surface area (Å²) in [6.45, 7) is 29.2. The summed E-state index contributed by atoms with van der Waals surface area (Å²) in [7, 11) is -4.09. The lowest BCUT2D eigenvalue weighted by atomic mass is 10.2. The van der Waals surface area contributed by atoms with Crippen molar-refractivity contribution in [2.45, 2.75) is 150 Å². The molecule has 54 heavy (non-hydrogen) atoms. The first-order valence-corrected chi connectivity index (χ1v) is 20.7. The van der Waals surface area contributed by atoms with Gasteiger partial charge in [0.1, 0.15) is 22.6 Å². The fraction of sp³-hybridized carbons (Fsp3) is 0.895. The van der Waals surface area contributed by atoms with Gasteiger partial charge in [-0.05, 0) is 110 Å². The summed E-state index contributed by atoms with van der Waals surface area (Å²) >= 11 is 0. The molecule has 1 fully saturated rings. The maximum atomic E-state index is 15.1. The molecule has 1 aliphatic heterocycles. The summed E-state index contributed by atoms with van der Waals surface area (Å²) in [6, 6.07) is 0. The molecule has 0 amide bonds. The lowest BCUT2D eigenvalue weighted by Gasteiger charge is -2.42. The molecule has 1 saturated heterocycles. The van der Waals surface area contributed by atoms with Crippen LogP contribution < -0.4 is 0 Å². The highest BCUT2D eigenvalue weighted by Gasteiger charge is 2.46. The zero-order chi connectivity index (χ0) is 41.9. The Morgan fingerprint density at radius 1 is 0.519 bits per heavy atom. The van der Waals surface area contributed by atoms with Crippen LogP contribution in [0.25, 0.3) is 0 Å². The normalized spacial score (nSPS) is 18.3. The zero-order valence-electron chi connectivity index (χ0n) is 36.0. The van der Waals surface area contributed by atoms with Crippen molar-refractivity contribution in [2.24, 2.45) is 0 Å².